The summed E-state index contributed by atoms with van der Waals surface area (Å²) in [7, 11) is 3.06. The summed E-state index contributed by atoms with van der Waals surface area (Å²) in [6, 6.07) is 4.63. The number of amides is 2. The number of hydrogen-bond donors (Lipinski definition) is 2. The molecule has 152 valence electrons. The standard InChI is InChI=1S/C19H29N3O4.ClH/c1-12(2)17(19(24)22-7-6-20-13(3)11-22)21-18(23)14-8-15(25-4)10-16(9-14)26-5;/h8-10,12-13,17,20H,6-7,11H2,1-5H3,(H,21,23);1H. The Kier molecular flexibility index (Phi) is 8.85. The van der Waals surface area contributed by atoms with Gasteiger partial charge in [-0.25, -0.2) is 0 Å². The Morgan fingerprint density at radius 2 is 1.78 bits per heavy atom. The summed E-state index contributed by atoms with van der Waals surface area (Å²) >= 11 is 0. The number of nitrogens with zero attached hydrogens (tertiary/aromatic N) is 1. The number of nitrogens with one attached hydrogen (secondary N) is 2. The third kappa shape index (κ3) is 6.01. The molecule has 0 saturated carbocycles. The highest BCUT2D eigenvalue weighted by Crippen LogP contribution is 2.22. The Balaban J connectivity index is 0.00000364. The number of halogens is 1. The van der Waals surface area contributed by atoms with E-state index in [2.05, 4.69) is 10.6 Å². The minimum atomic E-state index is -0.579. The van der Waals surface area contributed by atoms with Crippen molar-refractivity contribution in [2.75, 3.05) is 33.9 Å². The molecule has 0 bridgehead atoms. The molecule has 8 heteroatoms. The Hall–Kier alpha value is -1.99. The predicted molar refractivity (Wildman–Crippen MR) is 107 cm³/mol. The molecule has 1 aromatic rings. The van der Waals surface area contributed by atoms with Crippen molar-refractivity contribution in [3.63, 3.8) is 0 Å². The van der Waals surface area contributed by atoms with Gasteiger partial charge >= 0.3 is 0 Å². The molecule has 1 heterocycles. The summed E-state index contributed by atoms with van der Waals surface area (Å²) < 4.78 is 10.4. The van der Waals surface area contributed by atoms with E-state index >= 15 is 0 Å². The number of ether oxygens (including phenoxy) is 2. The third-order valence-corrected chi connectivity index (χ3v) is 4.51. The van der Waals surface area contributed by atoms with Gasteiger partial charge in [0.05, 0.1) is 14.2 Å². The Bertz CT molecular complexity index is 632. The van der Waals surface area contributed by atoms with Crippen LogP contribution in [0.5, 0.6) is 11.5 Å². The summed E-state index contributed by atoms with van der Waals surface area (Å²) in [6.07, 6.45) is 0. The van der Waals surface area contributed by atoms with Crippen molar-refractivity contribution in [3.8, 4) is 11.5 Å². The highest BCUT2D eigenvalue weighted by Gasteiger charge is 2.31. The number of benzene rings is 1. The van der Waals surface area contributed by atoms with Crippen molar-refractivity contribution in [2.24, 2.45) is 5.92 Å². The molecule has 0 aromatic heterocycles. The van der Waals surface area contributed by atoms with Crippen LogP contribution in [0.3, 0.4) is 0 Å². The Morgan fingerprint density at radius 1 is 1.19 bits per heavy atom. The number of piperazine rings is 1. The van der Waals surface area contributed by atoms with Crippen molar-refractivity contribution in [2.45, 2.75) is 32.9 Å². The van der Waals surface area contributed by atoms with Crippen LogP contribution in [-0.2, 0) is 4.79 Å². The van der Waals surface area contributed by atoms with Crippen LogP contribution in [0, 0.1) is 5.92 Å². The normalized spacial score (nSPS) is 17.7. The SMILES string of the molecule is COc1cc(OC)cc(C(=O)NC(C(=O)N2CCNC(C)C2)C(C)C)c1.Cl. The van der Waals surface area contributed by atoms with E-state index in [1.165, 1.54) is 14.2 Å². The number of methoxy groups -OCH3 is 2. The molecule has 1 aliphatic rings. The summed E-state index contributed by atoms with van der Waals surface area (Å²) in [5, 5.41) is 6.20. The number of rotatable bonds is 6. The maximum Gasteiger partial charge on any atom is 0.252 e. The Labute approximate surface area is 167 Å². The zero-order valence-electron chi connectivity index (χ0n) is 16.6. The lowest BCUT2D eigenvalue weighted by Gasteiger charge is -2.35. The average molecular weight is 400 g/mol. The van der Waals surface area contributed by atoms with Crippen LogP contribution in [0.25, 0.3) is 0 Å². The molecule has 0 aliphatic carbocycles. The van der Waals surface area contributed by atoms with E-state index < -0.39 is 6.04 Å². The van der Waals surface area contributed by atoms with Crippen LogP contribution in [0.2, 0.25) is 0 Å². The van der Waals surface area contributed by atoms with Gasteiger partial charge in [-0.3, -0.25) is 9.59 Å². The van der Waals surface area contributed by atoms with E-state index in [9.17, 15) is 9.59 Å². The van der Waals surface area contributed by atoms with Crippen molar-refractivity contribution in [1.82, 2.24) is 15.5 Å². The molecular weight excluding hydrogens is 370 g/mol. The molecule has 1 aromatic carbocycles. The second-order valence-electron chi connectivity index (χ2n) is 6.94. The van der Waals surface area contributed by atoms with Gasteiger partial charge in [-0.1, -0.05) is 13.8 Å². The van der Waals surface area contributed by atoms with E-state index in [4.69, 9.17) is 9.47 Å². The Morgan fingerprint density at radius 3 is 2.26 bits per heavy atom. The second kappa shape index (κ2) is 10.4. The third-order valence-electron chi connectivity index (χ3n) is 4.51. The predicted octanol–water partition coefficient (Wildman–Crippen LogP) is 1.70. The molecule has 2 atom stereocenters. The van der Waals surface area contributed by atoms with Crippen molar-refractivity contribution < 1.29 is 19.1 Å². The van der Waals surface area contributed by atoms with Gasteiger partial charge in [0.25, 0.3) is 5.91 Å². The highest BCUT2D eigenvalue weighted by molar-refractivity contribution is 5.98. The smallest absolute Gasteiger partial charge is 0.252 e. The van der Waals surface area contributed by atoms with Crippen LogP contribution in [0.4, 0.5) is 0 Å². The van der Waals surface area contributed by atoms with E-state index in [-0.39, 0.29) is 36.2 Å². The summed E-state index contributed by atoms with van der Waals surface area (Å²) in [4.78, 5) is 27.5. The van der Waals surface area contributed by atoms with E-state index in [1.54, 1.807) is 18.2 Å². The number of carbonyl (C=O) groups is 2. The molecule has 1 saturated heterocycles. The lowest BCUT2D eigenvalue weighted by Crippen LogP contribution is -2.57. The van der Waals surface area contributed by atoms with E-state index in [0.29, 0.717) is 30.2 Å². The maximum absolute atomic E-state index is 12.9. The molecule has 2 unspecified atom stereocenters. The number of hydrogen-bond acceptors (Lipinski definition) is 5. The van der Waals surface area contributed by atoms with Crippen LogP contribution in [-0.4, -0.2) is 62.7 Å². The minimum absolute atomic E-state index is 0. The molecule has 0 radical (unpaired) electrons. The van der Waals surface area contributed by atoms with Gasteiger partial charge in [0.1, 0.15) is 17.5 Å². The largest absolute Gasteiger partial charge is 0.497 e. The molecule has 2 rings (SSSR count). The quantitative estimate of drug-likeness (QED) is 0.761. The van der Waals surface area contributed by atoms with E-state index in [0.717, 1.165) is 6.54 Å². The molecule has 1 aliphatic heterocycles. The first-order valence-electron chi connectivity index (χ1n) is 8.91. The van der Waals surface area contributed by atoms with Gasteiger partial charge in [0.15, 0.2) is 0 Å². The average Bonchev–Trinajstić information content (AvgIpc) is 2.64. The maximum atomic E-state index is 12.9. The van der Waals surface area contributed by atoms with Crippen LogP contribution in [0.15, 0.2) is 18.2 Å². The van der Waals surface area contributed by atoms with Gasteiger partial charge in [0, 0.05) is 37.3 Å². The lowest BCUT2D eigenvalue weighted by atomic mass is 10.0. The van der Waals surface area contributed by atoms with Crippen molar-refractivity contribution in [3.05, 3.63) is 23.8 Å². The molecule has 7 nitrogen and oxygen atoms in total. The molecule has 27 heavy (non-hydrogen) atoms. The van der Waals surface area contributed by atoms with Gasteiger partial charge in [-0.15, -0.1) is 12.4 Å². The molecular formula is C19H30ClN3O4. The fraction of sp³-hybridized carbons (Fsp3) is 0.579. The van der Waals surface area contributed by atoms with Crippen molar-refractivity contribution in [1.29, 1.82) is 0 Å². The van der Waals surface area contributed by atoms with Crippen molar-refractivity contribution >= 4 is 24.2 Å². The van der Waals surface area contributed by atoms with Crippen LogP contribution < -0.4 is 20.1 Å². The monoisotopic (exact) mass is 399 g/mol. The summed E-state index contributed by atoms with van der Waals surface area (Å²) in [5.74, 6) is 0.661. The first-order valence-corrected chi connectivity index (χ1v) is 8.91. The lowest BCUT2D eigenvalue weighted by molar-refractivity contribution is -0.135. The zero-order chi connectivity index (χ0) is 19.3. The zero-order valence-corrected chi connectivity index (χ0v) is 17.4. The minimum Gasteiger partial charge on any atom is -0.497 e. The summed E-state index contributed by atoms with van der Waals surface area (Å²) in [6.45, 7) is 7.96. The molecule has 0 spiro atoms. The van der Waals surface area contributed by atoms with Gasteiger partial charge in [-0.05, 0) is 25.0 Å². The summed E-state index contributed by atoms with van der Waals surface area (Å²) in [5.41, 5.74) is 0.397. The molecule has 2 N–H and O–H groups in total. The van der Waals surface area contributed by atoms with E-state index in [1.807, 2.05) is 25.7 Å². The fourth-order valence-electron chi connectivity index (χ4n) is 3.01. The van der Waals surface area contributed by atoms with Gasteiger partial charge in [-0.2, -0.15) is 0 Å². The molecule has 2 amide bonds. The van der Waals surface area contributed by atoms with Gasteiger partial charge in [0.2, 0.25) is 5.91 Å². The van der Waals surface area contributed by atoms with Crippen LogP contribution in [0.1, 0.15) is 31.1 Å². The second-order valence-corrected chi connectivity index (χ2v) is 6.94. The first kappa shape index (κ1) is 23.0. The van der Waals surface area contributed by atoms with Crippen LogP contribution >= 0.6 is 12.4 Å². The molecule has 1 fully saturated rings. The van der Waals surface area contributed by atoms with Gasteiger partial charge < -0.3 is 25.0 Å². The highest BCUT2D eigenvalue weighted by atomic mass is 35.5. The number of carbonyl (C=O) groups excluding carboxylic acids is 2. The fourth-order valence-corrected chi connectivity index (χ4v) is 3.01. The topological polar surface area (TPSA) is 79.9 Å². The first-order chi connectivity index (χ1) is 12.3.